The molecule has 25 heavy (non-hydrogen) atoms. The van der Waals surface area contributed by atoms with Crippen LogP contribution < -0.4 is 20.1 Å². The highest BCUT2D eigenvalue weighted by Crippen LogP contribution is 2.33. The molecule has 0 atom stereocenters. The largest absolute Gasteiger partial charge is 0.486 e. The van der Waals surface area contributed by atoms with Crippen LogP contribution in [0.15, 0.2) is 30.5 Å². The van der Waals surface area contributed by atoms with Crippen molar-refractivity contribution in [2.24, 2.45) is 0 Å². The number of ether oxygens (including phenoxy) is 2. The number of carbonyl (C=O) groups is 1. The fraction of sp³-hybridized carbons (Fsp3) is 0.389. The lowest BCUT2D eigenvalue weighted by molar-refractivity contribution is 0.0933. The summed E-state index contributed by atoms with van der Waals surface area (Å²) >= 11 is 0. The number of nitrogens with one attached hydrogen (secondary N) is 2. The van der Waals surface area contributed by atoms with Crippen molar-refractivity contribution in [3.05, 3.63) is 36.2 Å². The molecule has 130 valence electrons. The summed E-state index contributed by atoms with van der Waals surface area (Å²) in [6.45, 7) is 1.09. The van der Waals surface area contributed by atoms with Gasteiger partial charge in [-0.2, -0.15) is 0 Å². The Bertz CT molecular complexity index is 775. The Morgan fingerprint density at radius 2 is 1.88 bits per heavy atom. The van der Waals surface area contributed by atoms with E-state index in [4.69, 9.17) is 9.47 Å². The minimum atomic E-state index is -0.153. The number of rotatable bonds is 4. The Kier molecular flexibility index (Phi) is 4.37. The third kappa shape index (κ3) is 3.65. The smallest absolute Gasteiger partial charge is 0.270 e. The third-order valence-electron chi connectivity index (χ3n) is 4.38. The molecule has 1 aliphatic carbocycles. The molecule has 2 N–H and O–H groups in total. The summed E-state index contributed by atoms with van der Waals surface area (Å²) < 4.78 is 11.1. The van der Waals surface area contributed by atoms with Gasteiger partial charge in [-0.05, 0) is 31.0 Å². The first-order chi connectivity index (χ1) is 12.3. The van der Waals surface area contributed by atoms with Crippen molar-refractivity contribution >= 4 is 17.5 Å². The Balaban J connectivity index is 1.46. The summed E-state index contributed by atoms with van der Waals surface area (Å²) in [5.74, 6) is 1.63. The molecule has 7 heteroatoms. The molecule has 1 aliphatic heterocycles. The number of carbonyl (C=O) groups excluding carboxylic acids is 1. The molecule has 1 fully saturated rings. The van der Waals surface area contributed by atoms with Gasteiger partial charge in [0.05, 0.1) is 0 Å². The van der Waals surface area contributed by atoms with E-state index in [2.05, 4.69) is 20.6 Å². The van der Waals surface area contributed by atoms with Gasteiger partial charge in [-0.1, -0.05) is 12.8 Å². The first kappa shape index (κ1) is 15.7. The quantitative estimate of drug-likeness (QED) is 0.890. The van der Waals surface area contributed by atoms with E-state index < -0.39 is 0 Å². The molecular formula is C18H20N4O3. The summed E-state index contributed by atoms with van der Waals surface area (Å²) in [6, 6.07) is 7.43. The zero-order chi connectivity index (χ0) is 17.1. The van der Waals surface area contributed by atoms with Gasteiger partial charge in [-0.15, -0.1) is 0 Å². The van der Waals surface area contributed by atoms with Gasteiger partial charge in [-0.3, -0.25) is 4.79 Å². The molecule has 1 aromatic carbocycles. The van der Waals surface area contributed by atoms with Gasteiger partial charge in [-0.25, -0.2) is 9.97 Å². The van der Waals surface area contributed by atoms with Gasteiger partial charge < -0.3 is 20.1 Å². The number of nitrogens with zero attached hydrogens (tertiary/aromatic N) is 2. The molecule has 2 aromatic rings. The Morgan fingerprint density at radius 1 is 1.08 bits per heavy atom. The maximum absolute atomic E-state index is 12.3. The van der Waals surface area contributed by atoms with E-state index in [9.17, 15) is 4.79 Å². The minimum Gasteiger partial charge on any atom is -0.486 e. The molecule has 4 rings (SSSR count). The lowest BCUT2D eigenvalue weighted by atomic mass is 10.2. The SMILES string of the molecule is O=C(NC1CCCC1)c1ccnc(Nc2ccc3c(c2)OCCO3)n1. The van der Waals surface area contributed by atoms with Crippen LogP contribution in [0.4, 0.5) is 11.6 Å². The zero-order valence-electron chi connectivity index (χ0n) is 13.8. The van der Waals surface area contributed by atoms with Crippen LogP contribution in [0.2, 0.25) is 0 Å². The normalized spacial score (nSPS) is 16.5. The van der Waals surface area contributed by atoms with Crippen molar-refractivity contribution in [1.29, 1.82) is 0 Å². The van der Waals surface area contributed by atoms with Crippen LogP contribution in [0.3, 0.4) is 0 Å². The van der Waals surface area contributed by atoms with Crippen LogP contribution in [-0.2, 0) is 0 Å². The zero-order valence-corrected chi connectivity index (χ0v) is 13.8. The molecule has 0 bridgehead atoms. The summed E-state index contributed by atoms with van der Waals surface area (Å²) in [4.78, 5) is 20.8. The van der Waals surface area contributed by atoms with E-state index in [1.165, 1.54) is 12.8 Å². The number of amides is 1. The fourth-order valence-corrected chi connectivity index (χ4v) is 3.13. The number of hydrogen-bond donors (Lipinski definition) is 2. The highest BCUT2D eigenvalue weighted by molar-refractivity contribution is 5.92. The van der Waals surface area contributed by atoms with E-state index in [-0.39, 0.29) is 11.9 Å². The van der Waals surface area contributed by atoms with Gasteiger partial charge in [0.1, 0.15) is 18.9 Å². The molecule has 0 radical (unpaired) electrons. The topological polar surface area (TPSA) is 85.4 Å². The fourth-order valence-electron chi connectivity index (χ4n) is 3.13. The highest BCUT2D eigenvalue weighted by atomic mass is 16.6. The van der Waals surface area contributed by atoms with Gasteiger partial charge in [0.15, 0.2) is 11.5 Å². The maximum atomic E-state index is 12.3. The third-order valence-corrected chi connectivity index (χ3v) is 4.38. The van der Waals surface area contributed by atoms with E-state index >= 15 is 0 Å². The standard InChI is InChI=1S/C18H20N4O3/c23-17(20-12-3-1-2-4-12)14-7-8-19-18(22-14)21-13-5-6-15-16(11-13)25-10-9-24-15/h5-8,11-12H,1-4,9-10H2,(H,20,23)(H,19,21,22). The minimum absolute atomic E-state index is 0.153. The van der Waals surface area contributed by atoms with Crippen LogP contribution in [0.25, 0.3) is 0 Å². The van der Waals surface area contributed by atoms with Crippen LogP contribution >= 0.6 is 0 Å². The summed E-state index contributed by atoms with van der Waals surface area (Å²) in [5, 5.41) is 6.14. The van der Waals surface area contributed by atoms with Crippen LogP contribution in [-0.4, -0.2) is 35.1 Å². The van der Waals surface area contributed by atoms with E-state index in [1.54, 1.807) is 12.3 Å². The van der Waals surface area contributed by atoms with Gasteiger partial charge in [0, 0.05) is 24.0 Å². The molecule has 0 spiro atoms. The van der Waals surface area contributed by atoms with E-state index in [0.29, 0.717) is 30.6 Å². The molecule has 2 aliphatic rings. The second-order valence-corrected chi connectivity index (χ2v) is 6.20. The Labute approximate surface area is 145 Å². The van der Waals surface area contributed by atoms with Gasteiger partial charge >= 0.3 is 0 Å². The second-order valence-electron chi connectivity index (χ2n) is 6.20. The molecule has 1 amide bonds. The molecule has 1 saturated carbocycles. The van der Waals surface area contributed by atoms with Crippen LogP contribution in [0, 0.1) is 0 Å². The van der Waals surface area contributed by atoms with Crippen molar-refractivity contribution < 1.29 is 14.3 Å². The van der Waals surface area contributed by atoms with Crippen molar-refractivity contribution in [3.8, 4) is 11.5 Å². The Hall–Kier alpha value is -2.83. The summed E-state index contributed by atoms with van der Waals surface area (Å²) in [7, 11) is 0. The molecule has 1 aromatic heterocycles. The lowest BCUT2D eigenvalue weighted by Crippen LogP contribution is -2.33. The van der Waals surface area contributed by atoms with Crippen molar-refractivity contribution in [3.63, 3.8) is 0 Å². The lowest BCUT2D eigenvalue weighted by Gasteiger charge is -2.19. The number of fused-ring (bicyclic) bond motifs is 1. The average Bonchev–Trinajstić information content (AvgIpc) is 3.15. The van der Waals surface area contributed by atoms with Crippen molar-refractivity contribution in [2.45, 2.75) is 31.7 Å². The summed E-state index contributed by atoms with van der Waals surface area (Å²) in [6.07, 6.45) is 6.01. The maximum Gasteiger partial charge on any atom is 0.270 e. The van der Waals surface area contributed by atoms with Crippen LogP contribution in [0.5, 0.6) is 11.5 Å². The predicted octanol–water partition coefficient (Wildman–Crippen LogP) is 2.66. The Morgan fingerprint density at radius 3 is 2.72 bits per heavy atom. The molecular weight excluding hydrogens is 320 g/mol. The molecule has 7 nitrogen and oxygen atoms in total. The number of aromatic nitrogens is 2. The molecule has 0 unspecified atom stereocenters. The molecule has 2 heterocycles. The number of hydrogen-bond acceptors (Lipinski definition) is 6. The molecule has 0 saturated heterocycles. The monoisotopic (exact) mass is 340 g/mol. The van der Waals surface area contributed by atoms with Crippen molar-refractivity contribution in [2.75, 3.05) is 18.5 Å². The predicted molar refractivity (Wildman–Crippen MR) is 92.5 cm³/mol. The second kappa shape index (κ2) is 6.96. The average molecular weight is 340 g/mol. The van der Waals surface area contributed by atoms with Crippen LogP contribution in [0.1, 0.15) is 36.2 Å². The first-order valence-corrected chi connectivity index (χ1v) is 8.58. The summed E-state index contributed by atoms with van der Waals surface area (Å²) in [5.41, 5.74) is 1.14. The number of anilines is 2. The van der Waals surface area contributed by atoms with Gasteiger partial charge in [0.25, 0.3) is 5.91 Å². The number of benzene rings is 1. The van der Waals surface area contributed by atoms with Crippen molar-refractivity contribution in [1.82, 2.24) is 15.3 Å². The van der Waals surface area contributed by atoms with E-state index in [0.717, 1.165) is 24.3 Å². The first-order valence-electron chi connectivity index (χ1n) is 8.58. The highest BCUT2D eigenvalue weighted by Gasteiger charge is 2.19. The van der Waals surface area contributed by atoms with E-state index in [1.807, 2.05) is 18.2 Å². The van der Waals surface area contributed by atoms with Gasteiger partial charge in [0.2, 0.25) is 5.95 Å².